The van der Waals surface area contributed by atoms with Gasteiger partial charge < -0.3 is 5.73 Å². The van der Waals surface area contributed by atoms with Gasteiger partial charge in [-0.3, -0.25) is 0 Å². The maximum Gasteiger partial charge on any atom is 0.419 e. The Balaban J connectivity index is 0.00000289. The fourth-order valence-corrected chi connectivity index (χ4v) is 1.48. The average Bonchev–Trinajstić information content (AvgIpc) is 2.13. The second-order valence-corrected chi connectivity index (χ2v) is 5.05. The first kappa shape index (κ1) is 17.2. The van der Waals surface area contributed by atoms with Gasteiger partial charge in [0.15, 0.2) is 0 Å². The molecule has 1 aromatic rings. The van der Waals surface area contributed by atoms with Gasteiger partial charge in [0.25, 0.3) is 0 Å². The van der Waals surface area contributed by atoms with E-state index in [1.54, 1.807) is 20.8 Å². The van der Waals surface area contributed by atoms with Gasteiger partial charge in [0.05, 0.1) is 5.56 Å². The minimum Gasteiger partial charge on any atom is -0.323 e. The predicted octanol–water partition coefficient (Wildman–Crippen LogP) is 4.31. The monoisotopic (exact) mass is 285 g/mol. The summed E-state index contributed by atoms with van der Waals surface area (Å²) < 4.78 is 51.3. The summed E-state index contributed by atoms with van der Waals surface area (Å²) in [7, 11) is 0. The highest BCUT2D eigenvalue weighted by Gasteiger charge is 2.36. The van der Waals surface area contributed by atoms with Crippen molar-refractivity contribution in [1.82, 2.24) is 0 Å². The van der Waals surface area contributed by atoms with E-state index in [4.69, 9.17) is 5.73 Å². The lowest BCUT2D eigenvalue weighted by atomic mass is 9.82. The number of nitrogens with two attached hydrogens (primary N) is 1. The van der Waals surface area contributed by atoms with E-state index in [1.165, 1.54) is 12.1 Å². The summed E-state index contributed by atoms with van der Waals surface area (Å²) in [6, 6.07) is 2.39. The van der Waals surface area contributed by atoms with Crippen LogP contribution in [0.2, 0.25) is 0 Å². The molecule has 0 radical (unpaired) electrons. The molecular formula is C12H16ClF4N. The van der Waals surface area contributed by atoms with Crippen molar-refractivity contribution in [2.24, 2.45) is 11.1 Å². The Hall–Kier alpha value is -0.810. The van der Waals surface area contributed by atoms with E-state index in [2.05, 4.69) is 0 Å². The van der Waals surface area contributed by atoms with E-state index in [0.29, 0.717) is 6.07 Å². The maximum atomic E-state index is 13.7. The molecule has 0 aliphatic heterocycles. The molecule has 0 amide bonds. The van der Waals surface area contributed by atoms with Crippen LogP contribution in [0, 0.1) is 11.2 Å². The normalized spacial score (nSPS) is 14.0. The lowest BCUT2D eigenvalue weighted by Crippen LogP contribution is -2.28. The molecular weight excluding hydrogens is 270 g/mol. The van der Waals surface area contributed by atoms with E-state index in [1.807, 2.05) is 0 Å². The Morgan fingerprint density at radius 3 is 2.00 bits per heavy atom. The zero-order valence-corrected chi connectivity index (χ0v) is 11.1. The van der Waals surface area contributed by atoms with Crippen molar-refractivity contribution in [3.8, 4) is 0 Å². The summed E-state index contributed by atoms with van der Waals surface area (Å²) >= 11 is 0. The number of benzene rings is 1. The molecule has 0 aliphatic carbocycles. The van der Waals surface area contributed by atoms with Crippen molar-refractivity contribution >= 4 is 12.4 Å². The van der Waals surface area contributed by atoms with Crippen molar-refractivity contribution in [1.29, 1.82) is 0 Å². The van der Waals surface area contributed by atoms with E-state index < -0.39 is 29.0 Å². The van der Waals surface area contributed by atoms with Crippen molar-refractivity contribution in [3.63, 3.8) is 0 Å². The fraction of sp³-hybridized carbons (Fsp3) is 0.500. The molecule has 0 saturated carbocycles. The lowest BCUT2D eigenvalue weighted by molar-refractivity contribution is -0.140. The summed E-state index contributed by atoms with van der Waals surface area (Å²) in [6.45, 7) is 5.24. The molecule has 6 heteroatoms. The van der Waals surface area contributed by atoms with Gasteiger partial charge in [0.2, 0.25) is 0 Å². The quantitative estimate of drug-likeness (QED) is 0.765. The third kappa shape index (κ3) is 3.59. The number of hydrogen-bond donors (Lipinski definition) is 1. The Labute approximate surface area is 110 Å². The number of rotatable bonds is 1. The molecule has 1 nitrogen and oxygen atoms in total. The predicted molar refractivity (Wildman–Crippen MR) is 65.0 cm³/mol. The highest BCUT2D eigenvalue weighted by molar-refractivity contribution is 5.85. The molecule has 2 N–H and O–H groups in total. The molecule has 1 atom stereocenters. The third-order valence-corrected chi connectivity index (χ3v) is 2.60. The highest BCUT2D eigenvalue weighted by atomic mass is 35.5. The average molecular weight is 286 g/mol. The molecule has 0 fully saturated rings. The fourth-order valence-electron chi connectivity index (χ4n) is 1.48. The van der Waals surface area contributed by atoms with Crippen molar-refractivity contribution < 1.29 is 17.6 Å². The van der Waals surface area contributed by atoms with Gasteiger partial charge in [-0.25, -0.2) is 4.39 Å². The Morgan fingerprint density at radius 2 is 1.61 bits per heavy atom. The van der Waals surface area contributed by atoms with Crippen LogP contribution in [0.25, 0.3) is 0 Å². The Morgan fingerprint density at radius 1 is 1.11 bits per heavy atom. The van der Waals surface area contributed by atoms with E-state index >= 15 is 0 Å². The molecule has 0 saturated heterocycles. The molecule has 104 valence electrons. The van der Waals surface area contributed by atoms with Gasteiger partial charge in [-0.15, -0.1) is 12.4 Å². The number of halogens is 5. The van der Waals surface area contributed by atoms with Gasteiger partial charge >= 0.3 is 6.18 Å². The van der Waals surface area contributed by atoms with E-state index in [0.717, 1.165) is 0 Å². The lowest BCUT2D eigenvalue weighted by Gasteiger charge is -2.28. The summed E-state index contributed by atoms with van der Waals surface area (Å²) in [4.78, 5) is 0. The number of alkyl halides is 3. The molecule has 0 aromatic heterocycles. The van der Waals surface area contributed by atoms with Crippen molar-refractivity contribution in [2.75, 3.05) is 0 Å². The molecule has 1 aromatic carbocycles. The van der Waals surface area contributed by atoms with E-state index in [9.17, 15) is 17.6 Å². The molecule has 18 heavy (non-hydrogen) atoms. The van der Waals surface area contributed by atoms with Crippen LogP contribution in [0.5, 0.6) is 0 Å². The summed E-state index contributed by atoms with van der Waals surface area (Å²) in [5, 5.41) is 0. The minimum absolute atomic E-state index is 0. The second kappa shape index (κ2) is 5.45. The van der Waals surface area contributed by atoms with Gasteiger partial charge in [-0.2, -0.15) is 13.2 Å². The molecule has 0 aliphatic rings. The topological polar surface area (TPSA) is 26.0 Å². The smallest absolute Gasteiger partial charge is 0.323 e. The SMILES string of the molecule is CC(C)(C)[C@H](N)c1cccc(C(F)(F)F)c1F.Cl. The molecule has 0 spiro atoms. The summed E-state index contributed by atoms with van der Waals surface area (Å²) in [5.41, 5.74) is 3.90. The highest BCUT2D eigenvalue weighted by Crippen LogP contribution is 2.37. The number of hydrogen-bond acceptors (Lipinski definition) is 1. The molecule has 0 bridgehead atoms. The Bertz CT molecular complexity index is 410. The van der Waals surface area contributed by atoms with Gasteiger partial charge in [-0.1, -0.05) is 32.9 Å². The summed E-state index contributed by atoms with van der Waals surface area (Å²) in [5.74, 6) is -1.28. The van der Waals surface area contributed by atoms with Crippen LogP contribution in [-0.4, -0.2) is 0 Å². The van der Waals surface area contributed by atoms with Crippen LogP contribution in [-0.2, 0) is 6.18 Å². The molecule has 1 rings (SSSR count). The Kier molecular flexibility index (Phi) is 5.20. The van der Waals surface area contributed by atoms with Crippen molar-refractivity contribution in [2.45, 2.75) is 33.0 Å². The minimum atomic E-state index is -4.70. The van der Waals surface area contributed by atoms with Gasteiger partial charge in [-0.05, 0) is 11.5 Å². The van der Waals surface area contributed by atoms with Gasteiger partial charge in [0.1, 0.15) is 5.82 Å². The van der Waals surface area contributed by atoms with Crippen LogP contribution in [0.3, 0.4) is 0 Å². The molecule has 0 heterocycles. The van der Waals surface area contributed by atoms with Crippen LogP contribution in [0.1, 0.15) is 37.9 Å². The van der Waals surface area contributed by atoms with Crippen LogP contribution >= 0.6 is 12.4 Å². The van der Waals surface area contributed by atoms with Gasteiger partial charge in [0, 0.05) is 11.6 Å². The third-order valence-electron chi connectivity index (χ3n) is 2.60. The summed E-state index contributed by atoms with van der Waals surface area (Å²) in [6.07, 6.45) is -4.70. The zero-order valence-electron chi connectivity index (χ0n) is 10.3. The maximum absolute atomic E-state index is 13.7. The first-order chi connectivity index (χ1) is 7.55. The largest absolute Gasteiger partial charge is 0.419 e. The first-order valence-corrected chi connectivity index (χ1v) is 5.16. The van der Waals surface area contributed by atoms with Crippen LogP contribution < -0.4 is 5.73 Å². The second-order valence-electron chi connectivity index (χ2n) is 5.05. The van der Waals surface area contributed by atoms with E-state index in [-0.39, 0.29) is 18.0 Å². The standard InChI is InChI=1S/C12H15F4N.ClH/c1-11(2,3)10(17)7-5-4-6-8(9(7)13)12(14,15)16;/h4-6,10H,17H2,1-3H3;1H/t10-;/m1./s1. The van der Waals surface area contributed by atoms with Crippen LogP contribution in [0.4, 0.5) is 17.6 Å². The van der Waals surface area contributed by atoms with Crippen molar-refractivity contribution in [3.05, 3.63) is 35.1 Å². The zero-order chi connectivity index (χ0) is 13.4. The van der Waals surface area contributed by atoms with Crippen LogP contribution in [0.15, 0.2) is 18.2 Å². The first-order valence-electron chi connectivity index (χ1n) is 5.16. The molecule has 0 unspecified atom stereocenters.